The van der Waals surface area contributed by atoms with Gasteiger partial charge in [-0.3, -0.25) is 37.3 Å². The van der Waals surface area contributed by atoms with Gasteiger partial charge in [-0.25, -0.2) is 9.13 Å². The van der Waals surface area contributed by atoms with E-state index >= 15 is 0 Å². The molecule has 0 aliphatic carbocycles. The van der Waals surface area contributed by atoms with Crippen molar-refractivity contribution < 1.29 is 80.2 Å². The van der Waals surface area contributed by atoms with E-state index in [0.29, 0.717) is 31.6 Å². The van der Waals surface area contributed by atoms with Gasteiger partial charge in [-0.2, -0.15) is 0 Å². The molecule has 0 aromatic rings. The minimum Gasteiger partial charge on any atom is -0.462 e. The predicted octanol–water partition coefficient (Wildman–Crippen LogP) is 18.3. The third-order valence-corrected chi connectivity index (χ3v) is 17.0. The van der Waals surface area contributed by atoms with Crippen LogP contribution in [0, 0.1) is 17.8 Å². The number of carbonyl (C=O) groups excluding carboxylic acids is 4. The molecule has 17 nitrogen and oxygen atoms in total. The molecule has 0 saturated carbocycles. The number of aliphatic hydroxyl groups is 1. The van der Waals surface area contributed by atoms with Gasteiger partial charge in [0.15, 0.2) is 12.2 Å². The lowest BCUT2D eigenvalue weighted by molar-refractivity contribution is -0.161. The summed E-state index contributed by atoms with van der Waals surface area (Å²) in [5, 5.41) is 10.5. The molecule has 2 unspecified atom stereocenters. The van der Waals surface area contributed by atoms with Crippen LogP contribution in [0.4, 0.5) is 0 Å². The Morgan fingerprint density at radius 1 is 0.318 bits per heavy atom. The Labute approximate surface area is 517 Å². The zero-order valence-electron chi connectivity index (χ0n) is 55.1. The molecule has 0 radical (unpaired) electrons. The molecular weight excluding hydrogens is 1130 g/mol. The number of hydrogen-bond donors (Lipinski definition) is 3. The molecule has 0 aliphatic rings. The van der Waals surface area contributed by atoms with E-state index < -0.39 is 97.5 Å². The molecule has 0 amide bonds. The summed E-state index contributed by atoms with van der Waals surface area (Å²) in [7, 11) is -9.89. The van der Waals surface area contributed by atoms with Crippen LogP contribution in [0.25, 0.3) is 0 Å². The number of unbranched alkanes of at least 4 members (excludes halogenated alkanes) is 32. The average Bonchev–Trinajstić information content (AvgIpc) is 3.47. The van der Waals surface area contributed by atoms with Crippen LogP contribution < -0.4 is 0 Å². The smallest absolute Gasteiger partial charge is 0.462 e. The maximum absolute atomic E-state index is 13.0. The summed E-state index contributed by atoms with van der Waals surface area (Å²) in [4.78, 5) is 72.3. The van der Waals surface area contributed by atoms with Crippen LogP contribution >= 0.6 is 15.6 Å². The second kappa shape index (κ2) is 57.2. The molecule has 0 aromatic carbocycles. The first-order valence-electron chi connectivity index (χ1n) is 34.3. The van der Waals surface area contributed by atoms with E-state index in [-0.39, 0.29) is 25.7 Å². The van der Waals surface area contributed by atoms with Gasteiger partial charge < -0.3 is 33.8 Å². The number of ether oxygens (including phenoxy) is 4. The van der Waals surface area contributed by atoms with Crippen molar-refractivity contribution in [3.63, 3.8) is 0 Å². The summed E-state index contributed by atoms with van der Waals surface area (Å²) in [5.41, 5.74) is 0. The zero-order chi connectivity index (χ0) is 63.1. The molecule has 0 saturated heterocycles. The lowest BCUT2D eigenvalue weighted by Crippen LogP contribution is -2.30. The first-order valence-corrected chi connectivity index (χ1v) is 37.3. The Kier molecular flexibility index (Phi) is 55.9. The topological polar surface area (TPSA) is 237 Å². The minimum absolute atomic E-state index is 0.104. The van der Waals surface area contributed by atoms with Crippen molar-refractivity contribution in [2.75, 3.05) is 39.6 Å². The van der Waals surface area contributed by atoms with Gasteiger partial charge in [0.25, 0.3) is 0 Å². The van der Waals surface area contributed by atoms with Crippen molar-refractivity contribution in [1.82, 2.24) is 0 Å². The van der Waals surface area contributed by atoms with E-state index in [1.807, 2.05) is 0 Å². The van der Waals surface area contributed by atoms with Crippen molar-refractivity contribution in [3.8, 4) is 0 Å². The van der Waals surface area contributed by atoms with E-state index in [2.05, 4.69) is 48.5 Å². The summed E-state index contributed by atoms with van der Waals surface area (Å²) >= 11 is 0. The molecule has 0 fully saturated rings. The van der Waals surface area contributed by atoms with Crippen molar-refractivity contribution in [3.05, 3.63) is 0 Å². The molecule has 0 heterocycles. The summed E-state index contributed by atoms with van der Waals surface area (Å²) in [6.07, 6.45) is 39.0. The van der Waals surface area contributed by atoms with Crippen LogP contribution in [-0.2, 0) is 65.4 Å². The van der Waals surface area contributed by atoms with Crippen LogP contribution in [-0.4, -0.2) is 96.7 Å². The standard InChI is InChI=1S/C66H128O17P2/c1-8-9-10-11-12-13-14-15-20-26-35-42-49-65(70)83-62(54-77-64(69)48-41-34-29-28-32-39-46-59(6)7)56-81-85(74,75)79-52-60(67)51-78-84(72,73)80-55-61(82-66(71)50-43-36-27-22-17-19-24-31-38-45-58(4)5)53-76-63(68)47-40-33-25-21-16-18-23-30-37-44-57(2)3/h57-62,67H,8-56H2,1-7H3,(H,72,73)(H,74,75)/t60-,61-,62-/m1/s1. The number of aliphatic hydroxyl groups excluding tert-OH is 1. The first kappa shape index (κ1) is 83.1. The van der Waals surface area contributed by atoms with Gasteiger partial charge in [0.1, 0.15) is 19.3 Å². The number of esters is 4. The monoisotopic (exact) mass is 1250 g/mol. The molecule has 0 bridgehead atoms. The SMILES string of the molecule is CCCCCCCCCCCCCCC(=O)O[C@H](COC(=O)CCCCCCCCC(C)C)COP(=O)(O)OC[C@H](O)COP(=O)(O)OC[C@@H](COC(=O)CCCCCCCCCCCC(C)C)OC(=O)CCCCCCCCCCCC(C)C. The Balaban J connectivity index is 5.25. The van der Waals surface area contributed by atoms with E-state index in [4.69, 9.17) is 37.0 Å². The minimum atomic E-state index is -4.95. The summed E-state index contributed by atoms with van der Waals surface area (Å²) < 4.78 is 68.1. The number of phosphoric ester groups is 2. The van der Waals surface area contributed by atoms with Crippen molar-refractivity contribution in [2.45, 2.75) is 343 Å². The molecule has 504 valence electrons. The molecule has 5 atom stereocenters. The highest BCUT2D eigenvalue weighted by Gasteiger charge is 2.30. The van der Waals surface area contributed by atoms with Gasteiger partial charge in [-0.05, 0) is 43.4 Å². The van der Waals surface area contributed by atoms with Gasteiger partial charge >= 0.3 is 39.5 Å². The van der Waals surface area contributed by atoms with Crippen molar-refractivity contribution in [2.24, 2.45) is 17.8 Å². The lowest BCUT2D eigenvalue weighted by atomic mass is 10.0. The van der Waals surface area contributed by atoms with Crippen LogP contribution in [0.3, 0.4) is 0 Å². The molecule has 19 heteroatoms. The fourth-order valence-electron chi connectivity index (χ4n) is 9.83. The fourth-order valence-corrected chi connectivity index (χ4v) is 11.4. The first-order chi connectivity index (χ1) is 40.7. The molecule has 0 aliphatic heterocycles. The molecular formula is C66H128O17P2. The van der Waals surface area contributed by atoms with Gasteiger partial charge in [-0.1, -0.05) is 273 Å². The van der Waals surface area contributed by atoms with Crippen molar-refractivity contribution in [1.29, 1.82) is 0 Å². The molecule has 0 spiro atoms. The van der Waals surface area contributed by atoms with E-state index in [1.54, 1.807) is 0 Å². The number of carbonyl (C=O) groups is 4. The molecule has 0 rings (SSSR count). The van der Waals surface area contributed by atoms with Gasteiger partial charge in [-0.15, -0.1) is 0 Å². The number of phosphoric acid groups is 2. The fraction of sp³-hybridized carbons (Fsp3) is 0.939. The number of hydrogen-bond acceptors (Lipinski definition) is 15. The quantitative estimate of drug-likeness (QED) is 0.0222. The average molecular weight is 1260 g/mol. The highest BCUT2D eigenvalue weighted by Crippen LogP contribution is 2.45. The Morgan fingerprint density at radius 3 is 0.800 bits per heavy atom. The Bertz CT molecular complexity index is 1680. The van der Waals surface area contributed by atoms with Crippen LogP contribution in [0.15, 0.2) is 0 Å². The highest BCUT2D eigenvalue weighted by molar-refractivity contribution is 7.47. The summed E-state index contributed by atoms with van der Waals surface area (Å²) in [6, 6.07) is 0. The van der Waals surface area contributed by atoms with Gasteiger partial charge in [0.05, 0.1) is 26.4 Å². The second-order valence-electron chi connectivity index (χ2n) is 25.3. The summed E-state index contributed by atoms with van der Waals surface area (Å²) in [6.45, 7) is 11.7. The molecule has 0 aromatic heterocycles. The maximum Gasteiger partial charge on any atom is 0.472 e. The Morgan fingerprint density at radius 2 is 0.541 bits per heavy atom. The zero-order valence-corrected chi connectivity index (χ0v) is 56.9. The molecule has 85 heavy (non-hydrogen) atoms. The third-order valence-electron chi connectivity index (χ3n) is 15.1. The van der Waals surface area contributed by atoms with E-state index in [9.17, 15) is 43.2 Å². The highest BCUT2D eigenvalue weighted by atomic mass is 31.2. The predicted molar refractivity (Wildman–Crippen MR) is 340 cm³/mol. The normalized spacial score (nSPS) is 14.3. The Hall–Kier alpha value is -1.94. The van der Waals surface area contributed by atoms with E-state index in [0.717, 1.165) is 108 Å². The third kappa shape index (κ3) is 60.7. The molecule has 3 N–H and O–H groups in total. The maximum atomic E-state index is 13.0. The van der Waals surface area contributed by atoms with Gasteiger partial charge in [0, 0.05) is 25.7 Å². The van der Waals surface area contributed by atoms with Crippen LogP contribution in [0.1, 0.15) is 325 Å². The van der Waals surface area contributed by atoms with Crippen LogP contribution in [0.2, 0.25) is 0 Å². The largest absolute Gasteiger partial charge is 0.472 e. The van der Waals surface area contributed by atoms with Crippen molar-refractivity contribution >= 4 is 39.5 Å². The van der Waals surface area contributed by atoms with Crippen LogP contribution in [0.5, 0.6) is 0 Å². The summed E-state index contributed by atoms with van der Waals surface area (Å²) in [5.74, 6) is 0.0262. The van der Waals surface area contributed by atoms with E-state index in [1.165, 1.54) is 128 Å². The number of rotatable bonds is 64. The lowest BCUT2D eigenvalue weighted by Gasteiger charge is -2.21. The second-order valence-corrected chi connectivity index (χ2v) is 28.2. The van der Waals surface area contributed by atoms with Gasteiger partial charge in [0.2, 0.25) is 0 Å².